The highest BCUT2D eigenvalue weighted by Crippen LogP contribution is 2.27. The average molecular weight is 244 g/mol. The number of anilines is 1. The first-order chi connectivity index (χ1) is 8.81. The summed E-state index contributed by atoms with van der Waals surface area (Å²) in [4.78, 5) is 0. The molecule has 4 nitrogen and oxygen atoms in total. The fraction of sp³-hybridized carbons (Fsp3) is 0.357. The molecule has 0 radical (unpaired) electrons. The number of benzene rings is 1. The van der Waals surface area contributed by atoms with Crippen molar-refractivity contribution in [3.8, 4) is 17.1 Å². The summed E-state index contributed by atoms with van der Waals surface area (Å²) < 4.78 is 11.0. The van der Waals surface area contributed by atoms with Crippen molar-refractivity contribution in [2.24, 2.45) is 0 Å². The molecule has 18 heavy (non-hydrogen) atoms. The molecule has 1 fully saturated rings. The maximum Gasteiger partial charge on any atom is 0.169 e. The molecule has 1 saturated carbocycles. The molecule has 0 unspecified atom stereocenters. The lowest BCUT2D eigenvalue weighted by Gasteiger charge is -2.12. The van der Waals surface area contributed by atoms with Crippen molar-refractivity contribution in [3.63, 3.8) is 0 Å². The maximum atomic E-state index is 5.90. The van der Waals surface area contributed by atoms with Gasteiger partial charge in [0.15, 0.2) is 11.6 Å². The van der Waals surface area contributed by atoms with Gasteiger partial charge in [-0.05, 0) is 49.9 Å². The summed E-state index contributed by atoms with van der Waals surface area (Å²) in [5.41, 5.74) is 6.48. The number of nitrogen functional groups attached to an aromatic ring is 1. The molecule has 0 bridgehead atoms. The lowest BCUT2D eigenvalue weighted by atomic mass is 10.1. The molecule has 0 amide bonds. The first-order valence-corrected chi connectivity index (χ1v) is 6.30. The molecule has 94 valence electrons. The molecule has 0 saturated heterocycles. The van der Waals surface area contributed by atoms with Crippen molar-refractivity contribution in [1.29, 1.82) is 0 Å². The third-order valence-corrected chi connectivity index (χ3v) is 3.27. The Bertz CT molecular complexity index is 513. The molecule has 1 aromatic heterocycles. The Kier molecular flexibility index (Phi) is 2.92. The van der Waals surface area contributed by atoms with E-state index < -0.39 is 0 Å². The van der Waals surface area contributed by atoms with Crippen molar-refractivity contribution in [1.82, 2.24) is 5.16 Å². The summed E-state index contributed by atoms with van der Waals surface area (Å²) in [6.07, 6.45) is 5.28. The molecule has 0 spiro atoms. The van der Waals surface area contributed by atoms with E-state index in [0.29, 0.717) is 17.7 Å². The Morgan fingerprint density at radius 3 is 2.50 bits per heavy atom. The Balaban J connectivity index is 1.72. The zero-order valence-electron chi connectivity index (χ0n) is 10.1. The summed E-state index contributed by atoms with van der Waals surface area (Å²) in [7, 11) is 0. The second-order valence-electron chi connectivity index (χ2n) is 4.66. The van der Waals surface area contributed by atoms with E-state index in [1.54, 1.807) is 6.07 Å². The quantitative estimate of drug-likeness (QED) is 0.900. The van der Waals surface area contributed by atoms with Crippen LogP contribution in [0.25, 0.3) is 11.3 Å². The molecule has 2 aromatic rings. The van der Waals surface area contributed by atoms with Crippen LogP contribution < -0.4 is 10.5 Å². The monoisotopic (exact) mass is 244 g/mol. The molecular weight excluding hydrogens is 228 g/mol. The lowest BCUT2D eigenvalue weighted by molar-refractivity contribution is 0.210. The Labute approximate surface area is 106 Å². The van der Waals surface area contributed by atoms with Crippen LogP contribution in [0.5, 0.6) is 5.75 Å². The molecular formula is C14H16N2O2. The summed E-state index contributed by atoms with van der Waals surface area (Å²) in [5.74, 6) is 1.99. The van der Waals surface area contributed by atoms with E-state index in [-0.39, 0.29) is 0 Å². The summed E-state index contributed by atoms with van der Waals surface area (Å²) in [6, 6.07) is 9.57. The van der Waals surface area contributed by atoms with Crippen LogP contribution >= 0.6 is 0 Å². The van der Waals surface area contributed by atoms with Gasteiger partial charge in [0.25, 0.3) is 0 Å². The van der Waals surface area contributed by atoms with Gasteiger partial charge in [-0.1, -0.05) is 5.16 Å². The van der Waals surface area contributed by atoms with Gasteiger partial charge in [0.05, 0.1) is 6.10 Å². The van der Waals surface area contributed by atoms with Gasteiger partial charge in [0, 0.05) is 11.6 Å². The molecule has 3 rings (SSSR count). The van der Waals surface area contributed by atoms with Crippen LogP contribution in [0.1, 0.15) is 25.7 Å². The smallest absolute Gasteiger partial charge is 0.169 e. The minimum Gasteiger partial charge on any atom is -0.490 e. The van der Waals surface area contributed by atoms with Crippen LogP contribution in [0, 0.1) is 0 Å². The van der Waals surface area contributed by atoms with E-state index in [4.69, 9.17) is 15.0 Å². The van der Waals surface area contributed by atoms with Gasteiger partial charge in [-0.3, -0.25) is 0 Å². The van der Waals surface area contributed by atoms with E-state index in [1.165, 1.54) is 25.7 Å². The molecule has 1 aliphatic carbocycles. The molecule has 0 atom stereocenters. The van der Waals surface area contributed by atoms with Crippen LogP contribution in [0.2, 0.25) is 0 Å². The topological polar surface area (TPSA) is 61.3 Å². The average Bonchev–Trinajstić information content (AvgIpc) is 3.02. The number of nitrogens with zero attached hydrogens (tertiary/aromatic N) is 1. The number of nitrogens with two attached hydrogens (primary N) is 1. The molecule has 1 aliphatic rings. The Morgan fingerprint density at radius 2 is 1.89 bits per heavy atom. The zero-order valence-corrected chi connectivity index (χ0v) is 10.1. The second-order valence-corrected chi connectivity index (χ2v) is 4.66. The summed E-state index contributed by atoms with van der Waals surface area (Å²) in [6.45, 7) is 0. The predicted molar refractivity (Wildman–Crippen MR) is 69.2 cm³/mol. The Morgan fingerprint density at radius 1 is 1.17 bits per heavy atom. The predicted octanol–water partition coefficient (Wildman–Crippen LogP) is 3.25. The van der Waals surface area contributed by atoms with E-state index in [2.05, 4.69) is 5.16 Å². The highest BCUT2D eigenvalue weighted by molar-refractivity contribution is 5.60. The third kappa shape index (κ3) is 2.32. The largest absolute Gasteiger partial charge is 0.490 e. The van der Waals surface area contributed by atoms with Crippen molar-refractivity contribution in [2.75, 3.05) is 5.73 Å². The SMILES string of the molecule is Nc1cc(-c2ccc(OC3CCCC3)cc2)on1. The zero-order chi connectivity index (χ0) is 12.4. The van der Waals surface area contributed by atoms with Crippen LogP contribution in [0.4, 0.5) is 5.82 Å². The summed E-state index contributed by atoms with van der Waals surface area (Å²) in [5, 5.41) is 3.67. The van der Waals surface area contributed by atoms with Crippen LogP contribution in [-0.2, 0) is 0 Å². The first-order valence-electron chi connectivity index (χ1n) is 6.30. The maximum absolute atomic E-state index is 5.90. The van der Waals surface area contributed by atoms with Crippen LogP contribution in [0.3, 0.4) is 0 Å². The second kappa shape index (κ2) is 4.72. The first kappa shape index (κ1) is 11.1. The van der Waals surface area contributed by atoms with Gasteiger partial charge in [0.2, 0.25) is 0 Å². The highest BCUT2D eigenvalue weighted by Gasteiger charge is 2.16. The number of aromatic nitrogens is 1. The normalized spacial score (nSPS) is 16.0. The van der Waals surface area contributed by atoms with Gasteiger partial charge in [0.1, 0.15) is 5.75 Å². The molecule has 1 aromatic carbocycles. The molecule has 0 aliphatic heterocycles. The van der Waals surface area contributed by atoms with E-state index in [0.717, 1.165) is 11.3 Å². The summed E-state index contributed by atoms with van der Waals surface area (Å²) >= 11 is 0. The van der Waals surface area contributed by atoms with Gasteiger partial charge in [-0.15, -0.1) is 0 Å². The number of hydrogen-bond acceptors (Lipinski definition) is 4. The minimum absolute atomic E-state index is 0.386. The third-order valence-electron chi connectivity index (χ3n) is 3.27. The lowest BCUT2D eigenvalue weighted by Crippen LogP contribution is -2.10. The van der Waals surface area contributed by atoms with Crippen LogP contribution in [0.15, 0.2) is 34.9 Å². The van der Waals surface area contributed by atoms with Gasteiger partial charge in [-0.2, -0.15) is 0 Å². The van der Waals surface area contributed by atoms with Gasteiger partial charge < -0.3 is 15.0 Å². The highest BCUT2D eigenvalue weighted by atomic mass is 16.5. The molecule has 2 N–H and O–H groups in total. The number of rotatable bonds is 3. The number of hydrogen-bond donors (Lipinski definition) is 1. The van der Waals surface area contributed by atoms with Gasteiger partial charge >= 0.3 is 0 Å². The van der Waals surface area contributed by atoms with E-state index in [9.17, 15) is 0 Å². The minimum atomic E-state index is 0.386. The van der Waals surface area contributed by atoms with Crippen molar-refractivity contribution < 1.29 is 9.26 Å². The number of ether oxygens (including phenoxy) is 1. The van der Waals surface area contributed by atoms with E-state index in [1.807, 2.05) is 24.3 Å². The molecule has 1 heterocycles. The van der Waals surface area contributed by atoms with Gasteiger partial charge in [-0.25, -0.2) is 0 Å². The van der Waals surface area contributed by atoms with Crippen LogP contribution in [-0.4, -0.2) is 11.3 Å². The Hall–Kier alpha value is -1.97. The van der Waals surface area contributed by atoms with Crippen molar-refractivity contribution >= 4 is 5.82 Å². The van der Waals surface area contributed by atoms with Crippen molar-refractivity contribution in [3.05, 3.63) is 30.3 Å². The molecule has 4 heteroatoms. The van der Waals surface area contributed by atoms with E-state index >= 15 is 0 Å². The standard InChI is InChI=1S/C14H16N2O2/c15-14-9-13(18-16-14)10-5-7-12(8-6-10)17-11-3-1-2-4-11/h5-9,11H,1-4H2,(H2,15,16). The van der Waals surface area contributed by atoms with Crippen molar-refractivity contribution in [2.45, 2.75) is 31.8 Å². The fourth-order valence-corrected chi connectivity index (χ4v) is 2.32. The fourth-order valence-electron chi connectivity index (χ4n) is 2.32.